The van der Waals surface area contributed by atoms with Gasteiger partial charge in [0, 0.05) is 11.6 Å². The summed E-state index contributed by atoms with van der Waals surface area (Å²) >= 11 is 0. The van der Waals surface area contributed by atoms with Crippen molar-refractivity contribution in [1.82, 2.24) is 5.16 Å². The first-order valence-electron chi connectivity index (χ1n) is 8.41. The van der Waals surface area contributed by atoms with E-state index in [2.05, 4.69) is 29.4 Å². The van der Waals surface area contributed by atoms with E-state index < -0.39 is 0 Å². The molecule has 3 rings (SSSR count). The summed E-state index contributed by atoms with van der Waals surface area (Å²) in [6.07, 6.45) is 0. The van der Waals surface area contributed by atoms with Crippen LogP contribution in [0.1, 0.15) is 33.7 Å². The molecule has 0 aliphatic carbocycles. The van der Waals surface area contributed by atoms with E-state index in [9.17, 15) is 0 Å². The number of oxime groups is 1. The van der Waals surface area contributed by atoms with Crippen LogP contribution in [0, 0.1) is 20.8 Å². The van der Waals surface area contributed by atoms with Crippen molar-refractivity contribution in [1.29, 1.82) is 0 Å². The van der Waals surface area contributed by atoms with Crippen molar-refractivity contribution < 1.29 is 14.1 Å². The Morgan fingerprint density at radius 2 is 1.88 bits per heavy atom. The molecule has 26 heavy (non-hydrogen) atoms. The highest BCUT2D eigenvalue weighted by molar-refractivity contribution is 6.12. The van der Waals surface area contributed by atoms with E-state index in [1.54, 1.807) is 0 Å². The van der Waals surface area contributed by atoms with Crippen molar-refractivity contribution in [3.05, 3.63) is 82.2 Å². The number of aryl methyl sites for hydroxylation is 3. The molecule has 1 aromatic heterocycles. The minimum absolute atomic E-state index is 0.417. The van der Waals surface area contributed by atoms with Crippen LogP contribution in [0.15, 0.2) is 58.2 Å². The third-order valence-corrected chi connectivity index (χ3v) is 4.05. The summed E-state index contributed by atoms with van der Waals surface area (Å²) in [6.45, 7) is 6.35. The number of benzene rings is 2. The lowest BCUT2D eigenvalue weighted by molar-refractivity contribution is 0.213. The van der Waals surface area contributed by atoms with Gasteiger partial charge >= 0.3 is 0 Å². The second kappa shape index (κ2) is 7.87. The molecule has 0 aliphatic heterocycles. The Morgan fingerprint density at radius 1 is 1.08 bits per heavy atom. The molecule has 0 saturated heterocycles. The van der Waals surface area contributed by atoms with E-state index in [0.29, 0.717) is 23.8 Å². The average molecular weight is 350 g/mol. The molecule has 0 aliphatic rings. The Bertz CT molecular complexity index is 929. The molecule has 5 heteroatoms. The molecule has 0 N–H and O–H groups in total. The van der Waals surface area contributed by atoms with Crippen LogP contribution in [0.5, 0.6) is 5.75 Å². The first-order valence-corrected chi connectivity index (χ1v) is 8.41. The van der Waals surface area contributed by atoms with Gasteiger partial charge in [-0.2, -0.15) is 0 Å². The summed E-state index contributed by atoms with van der Waals surface area (Å²) in [7, 11) is 1.52. The molecule has 2 aromatic carbocycles. The van der Waals surface area contributed by atoms with Crippen molar-refractivity contribution in [2.75, 3.05) is 7.11 Å². The largest absolute Gasteiger partial charge is 0.489 e. The van der Waals surface area contributed by atoms with Gasteiger partial charge in [-0.05, 0) is 43.5 Å². The van der Waals surface area contributed by atoms with E-state index >= 15 is 0 Å². The van der Waals surface area contributed by atoms with E-state index in [4.69, 9.17) is 14.1 Å². The topological polar surface area (TPSA) is 56.9 Å². The Morgan fingerprint density at radius 3 is 2.62 bits per heavy atom. The molecule has 0 saturated carbocycles. The van der Waals surface area contributed by atoms with Crippen molar-refractivity contribution in [3.8, 4) is 5.75 Å². The zero-order valence-corrected chi connectivity index (χ0v) is 15.4. The zero-order chi connectivity index (χ0) is 18.5. The Balaban J connectivity index is 1.92. The van der Waals surface area contributed by atoms with Crippen LogP contribution in [0.3, 0.4) is 0 Å². The van der Waals surface area contributed by atoms with Gasteiger partial charge in [0.15, 0.2) is 0 Å². The zero-order valence-electron chi connectivity index (χ0n) is 15.4. The maximum atomic E-state index is 6.07. The van der Waals surface area contributed by atoms with Gasteiger partial charge < -0.3 is 14.1 Å². The van der Waals surface area contributed by atoms with E-state index in [0.717, 1.165) is 22.4 Å². The van der Waals surface area contributed by atoms with Gasteiger partial charge in [0.25, 0.3) is 0 Å². The molecule has 0 amide bonds. The van der Waals surface area contributed by atoms with Gasteiger partial charge in [-0.3, -0.25) is 0 Å². The molecule has 0 atom stereocenters. The molecule has 0 radical (unpaired) electrons. The normalized spacial score (nSPS) is 11.5. The highest BCUT2D eigenvalue weighted by Gasteiger charge is 2.17. The molecule has 1 heterocycles. The highest BCUT2D eigenvalue weighted by Crippen LogP contribution is 2.22. The van der Waals surface area contributed by atoms with Crippen molar-refractivity contribution in [2.24, 2.45) is 5.16 Å². The lowest BCUT2D eigenvalue weighted by atomic mass is 10.0. The van der Waals surface area contributed by atoms with Gasteiger partial charge in [-0.25, -0.2) is 0 Å². The Hall–Kier alpha value is -3.08. The molecule has 5 nitrogen and oxygen atoms in total. The maximum absolute atomic E-state index is 6.07. The fourth-order valence-corrected chi connectivity index (χ4v) is 2.70. The molecule has 3 aromatic rings. The third-order valence-electron chi connectivity index (χ3n) is 4.05. The Kier molecular flexibility index (Phi) is 5.37. The van der Waals surface area contributed by atoms with Crippen molar-refractivity contribution >= 4 is 5.71 Å². The van der Waals surface area contributed by atoms with Crippen LogP contribution in [-0.2, 0) is 11.4 Å². The lowest BCUT2D eigenvalue weighted by Crippen LogP contribution is -2.10. The Labute approximate surface area is 153 Å². The number of aromatic nitrogens is 1. The van der Waals surface area contributed by atoms with Crippen LogP contribution >= 0.6 is 0 Å². The number of rotatable bonds is 6. The monoisotopic (exact) mass is 350 g/mol. The molecule has 134 valence electrons. The van der Waals surface area contributed by atoms with Gasteiger partial charge in [0.2, 0.25) is 0 Å². The number of hydrogen-bond acceptors (Lipinski definition) is 5. The van der Waals surface area contributed by atoms with Crippen LogP contribution in [-0.4, -0.2) is 18.0 Å². The predicted molar refractivity (Wildman–Crippen MR) is 101 cm³/mol. The first-order chi connectivity index (χ1) is 12.6. The molecule has 0 spiro atoms. The second-order valence-electron chi connectivity index (χ2n) is 6.16. The van der Waals surface area contributed by atoms with E-state index in [1.807, 2.05) is 50.2 Å². The molecule has 0 unspecified atom stereocenters. The second-order valence-corrected chi connectivity index (χ2v) is 6.16. The van der Waals surface area contributed by atoms with Crippen LogP contribution in [0.25, 0.3) is 0 Å². The van der Waals surface area contributed by atoms with E-state index in [1.165, 1.54) is 12.7 Å². The van der Waals surface area contributed by atoms with E-state index in [-0.39, 0.29) is 0 Å². The average Bonchev–Trinajstić information content (AvgIpc) is 3.07. The number of nitrogens with zero attached hydrogens (tertiary/aromatic N) is 2. The van der Waals surface area contributed by atoms with Gasteiger partial charge in [-0.1, -0.05) is 46.7 Å². The molecular weight excluding hydrogens is 328 g/mol. The summed E-state index contributed by atoms with van der Waals surface area (Å²) in [5.74, 6) is 1.59. The summed E-state index contributed by atoms with van der Waals surface area (Å²) in [5, 5.41) is 8.23. The SMILES string of the molecule is CO/N=C(\c1cc(C)on1)c1ccccc1COc1cc(C)ccc1C. The predicted octanol–water partition coefficient (Wildman–Crippen LogP) is 4.58. The fraction of sp³-hybridized carbons (Fsp3) is 0.238. The smallest absolute Gasteiger partial charge is 0.139 e. The van der Waals surface area contributed by atoms with Crippen LogP contribution in [0.4, 0.5) is 0 Å². The summed E-state index contributed by atoms with van der Waals surface area (Å²) in [5.41, 5.74) is 5.40. The third kappa shape index (κ3) is 3.94. The number of hydrogen-bond donors (Lipinski definition) is 0. The van der Waals surface area contributed by atoms with Gasteiger partial charge in [0.05, 0.1) is 0 Å². The summed E-state index contributed by atoms with van der Waals surface area (Å²) < 4.78 is 11.3. The molecule has 0 fully saturated rings. The van der Waals surface area contributed by atoms with Crippen molar-refractivity contribution in [2.45, 2.75) is 27.4 Å². The van der Waals surface area contributed by atoms with Crippen molar-refractivity contribution in [3.63, 3.8) is 0 Å². The summed E-state index contributed by atoms with van der Waals surface area (Å²) in [4.78, 5) is 5.04. The molecule has 0 bridgehead atoms. The first kappa shape index (κ1) is 17.7. The van der Waals surface area contributed by atoms with Gasteiger partial charge in [0.1, 0.15) is 36.6 Å². The van der Waals surface area contributed by atoms with Crippen LogP contribution < -0.4 is 4.74 Å². The minimum atomic E-state index is 0.417. The summed E-state index contributed by atoms with van der Waals surface area (Å²) in [6, 6.07) is 15.9. The standard InChI is InChI=1S/C21H22N2O3/c1-14-9-10-15(2)20(11-14)25-13-17-7-5-6-8-18(17)21(23-24-4)19-12-16(3)26-22-19/h5-12H,13H2,1-4H3/b23-21-. The highest BCUT2D eigenvalue weighted by atomic mass is 16.6. The van der Waals surface area contributed by atoms with Gasteiger partial charge in [-0.15, -0.1) is 0 Å². The fourth-order valence-electron chi connectivity index (χ4n) is 2.70. The number of ether oxygens (including phenoxy) is 1. The maximum Gasteiger partial charge on any atom is 0.139 e. The van der Waals surface area contributed by atoms with Crippen LogP contribution in [0.2, 0.25) is 0 Å². The lowest BCUT2D eigenvalue weighted by Gasteiger charge is -2.13. The quantitative estimate of drug-likeness (QED) is 0.482. The minimum Gasteiger partial charge on any atom is -0.489 e. The molecular formula is C21H22N2O3.